The first-order chi connectivity index (χ1) is 5.27. The molecule has 1 aromatic rings. The molecule has 1 rings (SSSR count). The third-order valence-corrected chi connectivity index (χ3v) is 1.34. The molecule has 0 amide bonds. The highest BCUT2D eigenvalue weighted by Crippen LogP contribution is 2.00. The summed E-state index contributed by atoms with van der Waals surface area (Å²) in [5, 5.41) is 17.1. The number of nitrogens with zero attached hydrogens (tertiary/aromatic N) is 3. The molecule has 1 aromatic heterocycles. The van der Waals surface area contributed by atoms with Crippen LogP contribution in [-0.2, 0) is 7.05 Å². The molecule has 0 aromatic carbocycles. The number of aromatic nitrogens is 1. The van der Waals surface area contributed by atoms with Crippen molar-refractivity contribution in [1.82, 2.24) is 0 Å². The van der Waals surface area contributed by atoms with E-state index in [-0.39, 0.29) is 0 Å². The molecule has 0 bridgehead atoms. The van der Waals surface area contributed by atoms with E-state index in [1.807, 2.05) is 19.2 Å². The first kappa shape index (κ1) is 7.24. The molecule has 3 heteroatoms. The van der Waals surface area contributed by atoms with Crippen molar-refractivity contribution in [3.8, 4) is 12.1 Å². The Bertz CT molecular complexity index is 355. The summed E-state index contributed by atoms with van der Waals surface area (Å²) in [5.41, 5.74) is 0.836. The van der Waals surface area contributed by atoms with Crippen LogP contribution < -0.4 is 4.57 Å². The molecule has 0 spiro atoms. The average Bonchev–Trinajstić information content (AvgIpc) is 2.04. The first-order valence-corrected chi connectivity index (χ1v) is 3.07. The largest absolute Gasteiger partial charge is 0.206 e. The summed E-state index contributed by atoms with van der Waals surface area (Å²) in [7, 11) is 1.81. The fraction of sp³-hybridized carbons (Fsp3) is 0.125. The van der Waals surface area contributed by atoms with Crippen LogP contribution in [0.2, 0.25) is 0 Å². The molecule has 0 atom stereocenters. The maximum atomic E-state index is 8.56. The number of rotatable bonds is 0. The number of hydrogen-bond donors (Lipinski definition) is 0. The summed E-state index contributed by atoms with van der Waals surface area (Å²) < 4.78 is 1.74. The molecular formula is C8H6N3+. The third-order valence-electron chi connectivity index (χ3n) is 1.34. The van der Waals surface area contributed by atoms with Crippen LogP contribution in [0, 0.1) is 22.7 Å². The third kappa shape index (κ3) is 1.33. The lowest BCUT2D eigenvalue weighted by Crippen LogP contribution is -2.27. The Morgan fingerprint density at radius 3 is 2.45 bits per heavy atom. The van der Waals surface area contributed by atoms with Gasteiger partial charge in [0.25, 0.3) is 0 Å². The minimum absolute atomic E-state index is 0.414. The second kappa shape index (κ2) is 2.81. The maximum absolute atomic E-state index is 8.56. The molecule has 3 nitrogen and oxygen atoms in total. The van der Waals surface area contributed by atoms with Crippen LogP contribution in [0.5, 0.6) is 0 Å². The van der Waals surface area contributed by atoms with Gasteiger partial charge in [0.05, 0.1) is 5.56 Å². The van der Waals surface area contributed by atoms with Crippen LogP contribution in [-0.4, -0.2) is 0 Å². The topological polar surface area (TPSA) is 51.5 Å². The molecule has 0 aliphatic rings. The van der Waals surface area contributed by atoms with Gasteiger partial charge in [0, 0.05) is 6.07 Å². The maximum Gasteiger partial charge on any atom is 0.187 e. The molecule has 0 saturated heterocycles. The van der Waals surface area contributed by atoms with Crippen molar-refractivity contribution in [3.63, 3.8) is 0 Å². The quantitative estimate of drug-likeness (QED) is 0.490. The van der Waals surface area contributed by atoms with Gasteiger partial charge in [-0.2, -0.15) is 10.5 Å². The Kier molecular flexibility index (Phi) is 1.85. The van der Waals surface area contributed by atoms with E-state index >= 15 is 0 Å². The van der Waals surface area contributed by atoms with E-state index in [2.05, 4.69) is 0 Å². The molecule has 0 aliphatic heterocycles. The second-order valence-corrected chi connectivity index (χ2v) is 2.16. The van der Waals surface area contributed by atoms with Gasteiger partial charge in [0.2, 0.25) is 0 Å². The molecule has 0 N–H and O–H groups in total. The lowest BCUT2D eigenvalue weighted by atomic mass is 10.2. The highest BCUT2D eigenvalue weighted by atomic mass is 14.9. The van der Waals surface area contributed by atoms with E-state index in [0.29, 0.717) is 11.1 Å². The minimum Gasteiger partial charge on any atom is -0.206 e. The lowest BCUT2D eigenvalue weighted by molar-refractivity contribution is -0.671. The Morgan fingerprint density at radius 1 is 1.27 bits per heavy atom. The predicted molar refractivity (Wildman–Crippen MR) is 37.0 cm³/mol. The summed E-state index contributed by atoms with van der Waals surface area (Å²) in [5.74, 6) is 0. The van der Waals surface area contributed by atoms with Crippen molar-refractivity contribution in [2.45, 2.75) is 0 Å². The fourth-order valence-corrected chi connectivity index (χ4v) is 0.785. The molecular weight excluding hydrogens is 138 g/mol. The van der Waals surface area contributed by atoms with E-state index in [9.17, 15) is 0 Å². The standard InChI is InChI=1S/C8H6N3/c1-11-3-2-7(4-9)8(5-10)6-11/h2-3,6H,1H3/q+1. The van der Waals surface area contributed by atoms with Crippen LogP contribution in [0.1, 0.15) is 11.1 Å². The Balaban J connectivity index is 3.34. The molecule has 0 fully saturated rings. The summed E-state index contributed by atoms with van der Waals surface area (Å²) in [6.07, 6.45) is 3.36. The van der Waals surface area contributed by atoms with E-state index in [0.717, 1.165) is 0 Å². The van der Waals surface area contributed by atoms with E-state index < -0.39 is 0 Å². The van der Waals surface area contributed by atoms with E-state index in [4.69, 9.17) is 10.5 Å². The monoisotopic (exact) mass is 144 g/mol. The van der Waals surface area contributed by atoms with Crippen LogP contribution in [0.4, 0.5) is 0 Å². The van der Waals surface area contributed by atoms with Crippen molar-refractivity contribution in [3.05, 3.63) is 29.6 Å². The number of pyridine rings is 1. The summed E-state index contributed by atoms with van der Waals surface area (Å²) >= 11 is 0. The SMILES string of the molecule is C[n+]1ccc(C#N)c(C#N)c1. The normalized spacial score (nSPS) is 8.27. The highest BCUT2D eigenvalue weighted by molar-refractivity contribution is 5.41. The second-order valence-electron chi connectivity index (χ2n) is 2.16. The lowest BCUT2D eigenvalue weighted by Gasteiger charge is -1.89. The minimum atomic E-state index is 0.414. The zero-order chi connectivity index (χ0) is 8.27. The Hall–Kier alpha value is -1.87. The van der Waals surface area contributed by atoms with Gasteiger partial charge in [0.1, 0.15) is 24.7 Å². The summed E-state index contributed by atoms with van der Waals surface area (Å²) in [4.78, 5) is 0. The van der Waals surface area contributed by atoms with Crippen LogP contribution >= 0.6 is 0 Å². The Labute approximate surface area is 64.7 Å². The average molecular weight is 144 g/mol. The number of hydrogen-bond acceptors (Lipinski definition) is 2. The van der Waals surface area contributed by atoms with Crippen LogP contribution in [0.3, 0.4) is 0 Å². The number of aryl methyl sites for hydroxylation is 1. The molecule has 1 heterocycles. The molecule has 0 unspecified atom stereocenters. The van der Waals surface area contributed by atoms with Crippen molar-refractivity contribution in [2.24, 2.45) is 7.05 Å². The molecule has 11 heavy (non-hydrogen) atoms. The van der Waals surface area contributed by atoms with E-state index in [1.165, 1.54) is 0 Å². The van der Waals surface area contributed by atoms with Crippen molar-refractivity contribution in [2.75, 3.05) is 0 Å². The van der Waals surface area contributed by atoms with Gasteiger partial charge in [-0.15, -0.1) is 0 Å². The zero-order valence-corrected chi connectivity index (χ0v) is 6.07. The van der Waals surface area contributed by atoms with Gasteiger partial charge in [0.15, 0.2) is 12.4 Å². The molecule has 0 aliphatic carbocycles. The summed E-state index contributed by atoms with van der Waals surface area (Å²) in [6, 6.07) is 5.51. The van der Waals surface area contributed by atoms with Gasteiger partial charge < -0.3 is 0 Å². The fourth-order valence-electron chi connectivity index (χ4n) is 0.785. The number of nitriles is 2. The zero-order valence-electron chi connectivity index (χ0n) is 6.07. The summed E-state index contributed by atoms with van der Waals surface area (Å²) in [6.45, 7) is 0. The van der Waals surface area contributed by atoms with Crippen LogP contribution in [0.25, 0.3) is 0 Å². The van der Waals surface area contributed by atoms with Gasteiger partial charge in [-0.25, -0.2) is 4.57 Å². The van der Waals surface area contributed by atoms with Crippen LogP contribution in [0.15, 0.2) is 18.5 Å². The predicted octanol–water partition coefficient (Wildman–Crippen LogP) is 0.254. The van der Waals surface area contributed by atoms with Gasteiger partial charge in [-0.3, -0.25) is 0 Å². The smallest absolute Gasteiger partial charge is 0.187 e. The Morgan fingerprint density at radius 2 is 1.91 bits per heavy atom. The molecule has 52 valence electrons. The highest BCUT2D eigenvalue weighted by Gasteiger charge is 2.04. The van der Waals surface area contributed by atoms with Gasteiger partial charge in [-0.1, -0.05) is 0 Å². The molecule has 0 saturated carbocycles. The van der Waals surface area contributed by atoms with Crippen molar-refractivity contribution < 1.29 is 4.57 Å². The van der Waals surface area contributed by atoms with Gasteiger partial charge >= 0.3 is 0 Å². The van der Waals surface area contributed by atoms with Gasteiger partial charge in [-0.05, 0) is 0 Å². The van der Waals surface area contributed by atoms with Crippen molar-refractivity contribution in [1.29, 1.82) is 10.5 Å². The first-order valence-electron chi connectivity index (χ1n) is 3.07. The molecule has 0 radical (unpaired) electrons. The van der Waals surface area contributed by atoms with E-state index in [1.54, 1.807) is 23.0 Å². The van der Waals surface area contributed by atoms with Crippen molar-refractivity contribution >= 4 is 0 Å².